The van der Waals surface area contributed by atoms with Crippen LogP contribution in [0.1, 0.15) is 52.0 Å². The van der Waals surface area contributed by atoms with Crippen LogP contribution in [0.15, 0.2) is 18.3 Å². The second-order valence-electron chi connectivity index (χ2n) is 7.09. The zero-order valence-electron chi connectivity index (χ0n) is 12.9. The summed E-state index contributed by atoms with van der Waals surface area (Å²) in [5, 5.41) is 0. The van der Waals surface area contributed by atoms with Gasteiger partial charge in [0.15, 0.2) is 0 Å². The highest BCUT2D eigenvalue weighted by atomic mass is 19.1. The monoisotopic (exact) mass is 279 g/mol. The first kappa shape index (κ1) is 15.4. The third-order valence-corrected chi connectivity index (χ3v) is 4.48. The lowest BCUT2D eigenvalue weighted by atomic mass is 9.70. The molecule has 0 amide bonds. The van der Waals surface area contributed by atoms with E-state index in [0.29, 0.717) is 17.9 Å². The predicted octanol–water partition coefficient (Wildman–Crippen LogP) is 4.59. The molecule has 1 fully saturated rings. The summed E-state index contributed by atoms with van der Waals surface area (Å²) in [5.41, 5.74) is 1.29. The molecule has 0 radical (unpaired) electrons. The molecule has 0 N–H and O–H groups in total. The van der Waals surface area contributed by atoms with E-state index in [1.54, 1.807) is 6.07 Å². The van der Waals surface area contributed by atoms with Crippen molar-refractivity contribution >= 4 is 0 Å². The molecule has 0 spiro atoms. The van der Waals surface area contributed by atoms with Gasteiger partial charge in [-0.15, -0.1) is 0 Å². The van der Waals surface area contributed by atoms with Crippen molar-refractivity contribution in [1.29, 1.82) is 0 Å². The molecule has 0 saturated heterocycles. The van der Waals surface area contributed by atoms with Crippen LogP contribution in [0.25, 0.3) is 0 Å². The van der Waals surface area contributed by atoms with Crippen molar-refractivity contribution in [2.24, 2.45) is 17.3 Å². The Hall–Kier alpha value is -0.960. The summed E-state index contributed by atoms with van der Waals surface area (Å²) < 4.78 is 18.7. The number of hydrogen-bond donors (Lipinski definition) is 0. The molecule has 2 rings (SSSR count). The minimum absolute atomic E-state index is 0.431. The van der Waals surface area contributed by atoms with Crippen LogP contribution < -0.4 is 0 Å². The normalized spacial score (nSPS) is 23.8. The molecule has 112 valence electrons. The average Bonchev–Trinajstić information content (AvgIpc) is 2.38. The molecule has 0 atom stereocenters. The maximum Gasteiger partial charge on any atom is 0.213 e. The molecule has 20 heavy (non-hydrogen) atoms. The van der Waals surface area contributed by atoms with Crippen molar-refractivity contribution < 1.29 is 9.13 Å². The van der Waals surface area contributed by atoms with Gasteiger partial charge in [-0.25, -0.2) is 4.98 Å². The number of hydrogen-bond acceptors (Lipinski definition) is 2. The van der Waals surface area contributed by atoms with Gasteiger partial charge in [0.2, 0.25) is 5.95 Å². The van der Waals surface area contributed by atoms with Gasteiger partial charge in [-0.05, 0) is 60.6 Å². The highest BCUT2D eigenvalue weighted by Crippen LogP contribution is 2.39. The van der Waals surface area contributed by atoms with Gasteiger partial charge in [0, 0.05) is 12.8 Å². The number of nitrogens with zero attached hydrogens (tertiary/aromatic N) is 1. The largest absolute Gasteiger partial charge is 0.376 e. The Morgan fingerprint density at radius 1 is 1.25 bits per heavy atom. The Bertz CT molecular complexity index is 419. The quantitative estimate of drug-likeness (QED) is 0.752. The van der Waals surface area contributed by atoms with Crippen LogP contribution in [0.3, 0.4) is 0 Å². The van der Waals surface area contributed by atoms with E-state index >= 15 is 0 Å². The zero-order valence-corrected chi connectivity index (χ0v) is 12.9. The fourth-order valence-corrected chi connectivity index (χ4v) is 3.07. The SMILES string of the molecule is CC(C)(C)C1CCC(COCc2ccnc(F)c2)CC1. The van der Waals surface area contributed by atoms with Crippen LogP contribution in [-0.2, 0) is 11.3 Å². The molecule has 1 aliphatic carbocycles. The number of halogens is 1. The lowest BCUT2D eigenvalue weighted by molar-refractivity contribution is 0.0533. The molecule has 0 aliphatic heterocycles. The lowest BCUT2D eigenvalue weighted by Gasteiger charge is -2.36. The maximum absolute atomic E-state index is 12.9. The minimum Gasteiger partial charge on any atom is -0.376 e. The second-order valence-corrected chi connectivity index (χ2v) is 7.09. The van der Waals surface area contributed by atoms with Crippen LogP contribution in [-0.4, -0.2) is 11.6 Å². The van der Waals surface area contributed by atoms with Crippen LogP contribution in [0.2, 0.25) is 0 Å². The second kappa shape index (κ2) is 6.66. The highest BCUT2D eigenvalue weighted by Gasteiger charge is 2.29. The van der Waals surface area contributed by atoms with Crippen molar-refractivity contribution in [2.45, 2.75) is 53.1 Å². The maximum atomic E-state index is 12.9. The number of aromatic nitrogens is 1. The Morgan fingerprint density at radius 2 is 1.95 bits per heavy atom. The summed E-state index contributed by atoms with van der Waals surface area (Å²) in [6, 6.07) is 3.25. The Balaban J connectivity index is 1.69. The molecular weight excluding hydrogens is 253 g/mol. The van der Waals surface area contributed by atoms with Gasteiger partial charge in [-0.2, -0.15) is 4.39 Å². The Morgan fingerprint density at radius 3 is 2.55 bits per heavy atom. The van der Waals surface area contributed by atoms with Gasteiger partial charge < -0.3 is 4.74 Å². The molecule has 1 saturated carbocycles. The molecule has 0 bridgehead atoms. The van der Waals surface area contributed by atoms with E-state index in [1.807, 2.05) is 0 Å². The predicted molar refractivity (Wildman–Crippen MR) is 78.8 cm³/mol. The fraction of sp³-hybridized carbons (Fsp3) is 0.706. The van der Waals surface area contributed by atoms with Crippen LogP contribution in [0.5, 0.6) is 0 Å². The first-order valence-electron chi connectivity index (χ1n) is 7.63. The Kier molecular flexibility index (Phi) is 5.14. The third kappa shape index (κ3) is 4.55. The van der Waals surface area contributed by atoms with Crippen molar-refractivity contribution in [1.82, 2.24) is 4.98 Å². The van der Waals surface area contributed by atoms with Crippen molar-refractivity contribution in [2.75, 3.05) is 6.61 Å². The zero-order chi connectivity index (χ0) is 14.6. The van der Waals surface area contributed by atoms with Crippen molar-refractivity contribution in [3.8, 4) is 0 Å². The molecule has 1 aromatic heterocycles. The topological polar surface area (TPSA) is 22.1 Å². The summed E-state index contributed by atoms with van der Waals surface area (Å²) >= 11 is 0. The van der Waals surface area contributed by atoms with Gasteiger partial charge in [-0.3, -0.25) is 0 Å². The van der Waals surface area contributed by atoms with Gasteiger partial charge in [0.05, 0.1) is 6.61 Å². The molecule has 3 heteroatoms. The van der Waals surface area contributed by atoms with Gasteiger partial charge in [-0.1, -0.05) is 20.8 Å². The average molecular weight is 279 g/mol. The van der Waals surface area contributed by atoms with E-state index in [2.05, 4.69) is 25.8 Å². The molecular formula is C17H26FNO. The van der Waals surface area contributed by atoms with Crippen LogP contribution in [0, 0.1) is 23.2 Å². The fourth-order valence-electron chi connectivity index (χ4n) is 3.07. The number of rotatable bonds is 4. The lowest BCUT2D eigenvalue weighted by Crippen LogP contribution is -2.27. The molecule has 1 heterocycles. The van der Waals surface area contributed by atoms with Crippen LogP contribution >= 0.6 is 0 Å². The number of pyridine rings is 1. The first-order chi connectivity index (χ1) is 9.45. The van der Waals surface area contributed by atoms with Crippen LogP contribution in [0.4, 0.5) is 4.39 Å². The standard InChI is InChI=1S/C17H26FNO/c1-17(2,3)15-6-4-13(5-7-15)11-20-12-14-8-9-19-16(18)10-14/h8-10,13,15H,4-7,11-12H2,1-3H3. The first-order valence-corrected chi connectivity index (χ1v) is 7.63. The van der Waals surface area contributed by atoms with E-state index < -0.39 is 5.95 Å². The number of ether oxygens (including phenoxy) is 1. The summed E-state index contributed by atoms with van der Waals surface area (Å²) in [7, 11) is 0. The van der Waals surface area contributed by atoms with E-state index in [4.69, 9.17) is 4.74 Å². The molecule has 0 unspecified atom stereocenters. The highest BCUT2D eigenvalue weighted by molar-refractivity contribution is 5.09. The molecule has 0 aromatic carbocycles. The summed E-state index contributed by atoms with van der Waals surface area (Å²) in [4.78, 5) is 3.55. The summed E-state index contributed by atoms with van der Waals surface area (Å²) in [6.45, 7) is 8.30. The van der Waals surface area contributed by atoms with Crippen molar-refractivity contribution in [3.05, 3.63) is 29.8 Å². The van der Waals surface area contributed by atoms with Gasteiger partial charge in [0.1, 0.15) is 0 Å². The summed E-state index contributed by atoms with van der Waals surface area (Å²) in [6.07, 6.45) is 6.62. The molecule has 1 aliphatic rings. The van der Waals surface area contributed by atoms with Crippen molar-refractivity contribution in [3.63, 3.8) is 0 Å². The van der Waals surface area contributed by atoms with Gasteiger partial charge in [0.25, 0.3) is 0 Å². The van der Waals surface area contributed by atoms with E-state index in [0.717, 1.165) is 18.1 Å². The summed E-state index contributed by atoms with van der Waals surface area (Å²) in [5.74, 6) is 1.07. The van der Waals surface area contributed by atoms with E-state index in [1.165, 1.54) is 37.9 Å². The smallest absolute Gasteiger partial charge is 0.213 e. The molecule has 1 aromatic rings. The minimum atomic E-state index is -0.434. The van der Waals surface area contributed by atoms with Gasteiger partial charge >= 0.3 is 0 Å². The van der Waals surface area contributed by atoms with E-state index in [9.17, 15) is 4.39 Å². The molecule has 2 nitrogen and oxygen atoms in total. The third-order valence-electron chi connectivity index (χ3n) is 4.48. The van der Waals surface area contributed by atoms with E-state index in [-0.39, 0.29) is 0 Å². The Labute approximate surface area is 121 Å².